The van der Waals surface area contributed by atoms with Crippen molar-refractivity contribution >= 4 is 35.3 Å². The van der Waals surface area contributed by atoms with Crippen molar-refractivity contribution in [3.8, 4) is 11.8 Å². The smallest absolute Gasteiger partial charge is 0.335 e. The predicted molar refractivity (Wildman–Crippen MR) is 265 cm³/mol. The lowest BCUT2D eigenvalue weighted by Gasteiger charge is -2.26. The van der Waals surface area contributed by atoms with Crippen LogP contribution in [0.25, 0.3) is 0 Å². The van der Waals surface area contributed by atoms with Crippen molar-refractivity contribution in [3.05, 3.63) is 65.2 Å². The molecule has 0 aromatic heterocycles. The molecule has 0 saturated carbocycles. The number of nitrogens with one attached hydrogen (secondary N) is 1. The number of carbonyl (C=O) groups is 5. The highest BCUT2D eigenvalue weighted by molar-refractivity contribution is 6.01. The number of nitrogens with zero attached hydrogens (tertiary/aromatic N) is 2. The maximum atomic E-state index is 13.3. The van der Waals surface area contributed by atoms with Crippen molar-refractivity contribution in [3.63, 3.8) is 0 Å². The van der Waals surface area contributed by atoms with Crippen LogP contribution < -0.4 is 10.2 Å². The lowest BCUT2D eigenvalue weighted by Crippen LogP contribution is -2.34. The highest BCUT2D eigenvalue weighted by atomic mass is 16.7. The van der Waals surface area contributed by atoms with Crippen molar-refractivity contribution in [2.24, 2.45) is 0 Å². The number of fused-ring (bicyclic) bond motifs is 2. The van der Waals surface area contributed by atoms with Gasteiger partial charge in [-0.1, -0.05) is 42.2 Å². The lowest BCUT2D eigenvalue weighted by atomic mass is 10.0. The molecule has 0 unspecified atom stereocenters. The van der Waals surface area contributed by atoms with Gasteiger partial charge in [0.1, 0.15) is 0 Å². The zero-order valence-electron chi connectivity index (χ0n) is 42.6. The number of hydrogen-bond acceptors (Lipinski definition) is 19. The van der Waals surface area contributed by atoms with Gasteiger partial charge in [0.2, 0.25) is 11.8 Å². The number of rotatable bonds is 46. The van der Waals surface area contributed by atoms with Crippen molar-refractivity contribution in [2.45, 2.75) is 38.6 Å². The number of ether oxygens (including phenoxy) is 13. The molecule has 4 rings (SSSR count). The summed E-state index contributed by atoms with van der Waals surface area (Å²) in [6.07, 6.45) is 0.175. The third-order valence-electron chi connectivity index (χ3n) is 10.4. The second-order valence-electron chi connectivity index (χ2n) is 16.0. The van der Waals surface area contributed by atoms with Crippen LogP contribution in [0, 0.1) is 11.8 Å². The molecule has 1 saturated heterocycles. The van der Waals surface area contributed by atoms with Crippen LogP contribution in [-0.2, 0) is 96.9 Å². The largest absolute Gasteiger partial charge is 0.378 e. The Morgan fingerprint density at radius 1 is 0.432 bits per heavy atom. The van der Waals surface area contributed by atoms with Gasteiger partial charge < -0.3 is 76.6 Å². The molecule has 0 radical (unpaired) electrons. The van der Waals surface area contributed by atoms with E-state index in [0.29, 0.717) is 177 Å². The zero-order valence-corrected chi connectivity index (χ0v) is 42.6. The first-order valence-electron chi connectivity index (χ1n) is 25.3. The average Bonchev–Trinajstić information content (AvgIpc) is 3.72. The fourth-order valence-corrected chi connectivity index (χ4v) is 6.62. The highest BCUT2D eigenvalue weighted by Gasteiger charge is 2.32. The first-order valence-corrected chi connectivity index (χ1v) is 25.3. The van der Waals surface area contributed by atoms with Crippen molar-refractivity contribution < 1.29 is 90.4 Å². The van der Waals surface area contributed by atoms with Gasteiger partial charge in [-0.15, -0.1) is 5.06 Å². The molecular formula is C52H75N3O19. The minimum Gasteiger partial charge on any atom is -0.378 e. The van der Waals surface area contributed by atoms with E-state index in [1.165, 1.54) is 0 Å². The standard InChI is InChI=1S/C52H75N3O19/c56-48(11-12-49(57)54-43-46-7-2-1-5-44(46)9-10-45-6-3-4-8-47(45)54)53-16-18-62-20-22-64-24-26-66-28-30-68-32-34-70-36-38-72-40-42-73-41-39-71-37-35-69-33-31-67-29-27-65-25-23-63-21-19-61-17-15-52(60)74-55-50(58)13-14-51(55)59/h1-8H,11-43H2,(H,53,56). The van der Waals surface area contributed by atoms with Crippen molar-refractivity contribution in [1.82, 2.24) is 10.4 Å². The van der Waals surface area contributed by atoms with Crippen LogP contribution in [-0.4, -0.2) is 213 Å². The van der Waals surface area contributed by atoms with Crippen LogP contribution in [0.1, 0.15) is 48.8 Å². The van der Waals surface area contributed by atoms with Gasteiger partial charge in [0, 0.05) is 43.4 Å². The molecule has 74 heavy (non-hydrogen) atoms. The normalized spacial score (nSPS) is 13.0. The maximum Gasteiger partial charge on any atom is 0.335 e. The molecule has 0 bridgehead atoms. The van der Waals surface area contributed by atoms with Crippen molar-refractivity contribution in [1.29, 1.82) is 0 Å². The second kappa shape index (κ2) is 41.3. The number of benzene rings is 2. The van der Waals surface area contributed by atoms with Crippen LogP contribution in [0.15, 0.2) is 48.5 Å². The first-order chi connectivity index (χ1) is 36.4. The molecule has 0 atom stereocenters. The van der Waals surface area contributed by atoms with Crippen LogP contribution in [0.2, 0.25) is 0 Å². The van der Waals surface area contributed by atoms with E-state index in [9.17, 15) is 24.0 Å². The fraction of sp³-hybridized carbons (Fsp3) is 0.635. The molecule has 0 spiro atoms. The molecule has 1 fully saturated rings. The summed E-state index contributed by atoms with van der Waals surface area (Å²) in [6.45, 7) is 11.4. The van der Waals surface area contributed by atoms with E-state index < -0.39 is 17.8 Å². The minimum atomic E-state index is -0.706. The Morgan fingerprint density at radius 2 is 0.797 bits per heavy atom. The summed E-state index contributed by atoms with van der Waals surface area (Å²) in [5.41, 5.74) is 3.38. The van der Waals surface area contributed by atoms with Gasteiger partial charge in [-0.3, -0.25) is 19.2 Å². The zero-order chi connectivity index (χ0) is 52.4. The van der Waals surface area contributed by atoms with E-state index in [0.717, 1.165) is 22.4 Å². The molecule has 412 valence electrons. The van der Waals surface area contributed by atoms with E-state index in [1.807, 2.05) is 48.5 Å². The summed E-state index contributed by atoms with van der Waals surface area (Å²) in [5, 5.41) is 3.33. The van der Waals surface area contributed by atoms with Crippen LogP contribution in [0.4, 0.5) is 5.69 Å². The average molecular weight is 1050 g/mol. The number of para-hydroxylation sites is 1. The Hall–Kier alpha value is -4.97. The van der Waals surface area contributed by atoms with Gasteiger partial charge in [0.15, 0.2) is 0 Å². The molecule has 4 amide bonds. The maximum absolute atomic E-state index is 13.3. The first kappa shape index (κ1) is 61.6. The van der Waals surface area contributed by atoms with Gasteiger partial charge in [0.05, 0.1) is 190 Å². The minimum absolute atomic E-state index is 0.0515. The quantitative estimate of drug-likeness (QED) is 0.0568. The Morgan fingerprint density at radius 3 is 1.24 bits per heavy atom. The van der Waals surface area contributed by atoms with E-state index in [1.54, 1.807) is 4.90 Å². The number of imide groups is 1. The Bertz CT molecular complexity index is 1930. The number of carbonyl (C=O) groups excluding carboxylic acids is 5. The van der Waals surface area contributed by atoms with Gasteiger partial charge in [-0.2, -0.15) is 0 Å². The molecule has 22 heteroatoms. The van der Waals surface area contributed by atoms with Crippen molar-refractivity contribution in [2.75, 3.05) is 183 Å². The molecule has 2 aromatic carbocycles. The Balaban J connectivity index is 0.766. The Labute approximate surface area is 433 Å². The van der Waals surface area contributed by atoms with E-state index in [-0.39, 0.29) is 57.1 Å². The van der Waals surface area contributed by atoms with Gasteiger partial charge in [-0.25, -0.2) is 4.79 Å². The summed E-state index contributed by atoms with van der Waals surface area (Å²) in [7, 11) is 0. The summed E-state index contributed by atoms with van der Waals surface area (Å²) in [6, 6.07) is 15.4. The Kier molecular flexibility index (Phi) is 34.4. The molecule has 22 nitrogen and oxygen atoms in total. The number of amides is 4. The van der Waals surface area contributed by atoms with E-state index >= 15 is 0 Å². The number of hydroxylamine groups is 2. The molecule has 2 aromatic rings. The lowest BCUT2D eigenvalue weighted by molar-refractivity contribution is -0.198. The summed E-state index contributed by atoms with van der Waals surface area (Å²) in [5.74, 6) is 4.31. The van der Waals surface area contributed by atoms with Gasteiger partial charge in [-0.05, 0) is 23.8 Å². The monoisotopic (exact) mass is 1050 g/mol. The van der Waals surface area contributed by atoms with E-state index in [2.05, 4.69) is 17.2 Å². The number of hydrogen-bond donors (Lipinski definition) is 1. The van der Waals surface area contributed by atoms with Gasteiger partial charge in [0.25, 0.3) is 11.8 Å². The SMILES string of the molecule is O=C(CCC(=O)N1Cc2ccccc2C#Cc2ccccc21)NCCOCCOCCOCCOCCOCCOCCOCCOCCOCCOCCOCCOCCOCCC(=O)ON1C(=O)CCC1=O. The summed E-state index contributed by atoms with van der Waals surface area (Å²) < 4.78 is 71.2. The molecular weight excluding hydrogens is 971 g/mol. The third kappa shape index (κ3) is 28.6. The molecule has 2 heterocycles. The summed E-state index contributed by atoms with van der Waals surface area (Å²) >= 11 is 0. The fourth-order valence-electron chi connectivity index (χ4n) is 6.62. The molecule has 2 aliphatic heterocycles. The number of anilines is 1. The molecule has 2 aliphatic rings. The molecule has 1 N–H and O–H groups in total. The van der Waals surface area contributed by atoms with Crippen LogP contribution >= 0.6 is 0 Å². The second-order valence-corrected chi connectivity index (χ2v) is 16.0. The van der Waals surface area contributed by atoms with Crippen LogP contribution in [0.5, 0.6) is 0 Å². The van der Waals surface area contributed by atoms with E-state index in [4.69, 9.17) is 66.4 Å². The van der Waals surface area contributed by atoms with Gasteiger partial charge >= 0.3 is 5.97 Å². The third-order valence-corrected chi connectivity index (χ3v) is 10.4. The summed E-state index contributed by atoms with van der Waals surface area (Å²) in [4.78, 5) is 66.8. The highest BCUT2D eigenvalue weighted by Crippen LogP contribution is 2.26. The predicted octanol–water partition coefficient (Wildman–Crippen LogP) is 2.04. The topological polar surface area (TPSA) is 233 Å². The van der Waals surface area contributed by atoms with Crippen LogP contribution in [0.3, 0.4) is 0 Å². The molecule has 0 aliphatic carbocycles.